The smallest absolute Gasteiger partial charge is 0.418 e. The van der Waals surface area contributed by atoms with Gasteiger partial charge >= 0.3 is 6.18 Å². The van der Waals surface area contributed by atoms with Gasteiger partial charge in [0.2, 0.25) is 11.6 Å². The zero-order valence-corrected chi connectivity index (χ0v) is 14.2. The van der Waals surface area contributed by atoms with Gasteiger partial charge in [0.25, 0.3) is 0 Å². The average Bonchev–Trinajstić information content (AvgIpc) is 3.38. The maximum absolute atomic E-state index is 13.3. The zero-order valence-electron chi connectivity index (χ0n) is 14.2. The molecule has 8 nitrogen and oxygen atoms in total. The number of aliphatic imine (C=N–C) groups is 1. The molecular formula is C18H9F3N6O2. The van der Waals surface area contributed by atoms with Crippen LogP contribution in [0.25, 0.3) is 22.3 Å². The molecule has 4 aromatic rings. The number of aromatic nitrogens is 5. The highest BCUT2D eigenvalue weighted by atomic mass is 19.4. The van der Waals surface area contributed by atoms with Crippen molar-refractivity contribution in [1.29, 1.82) is 0 Å². The third-order valence-corrected chi connectivity index (χ3v) is 4.65. The number of H-pyrrole nitrogens is 2. The highest BCUT2D eigenvalue weighted by Crippen LogP contribution is 2.40. The van der Waals surface area contributed by atoms with Crippen molar-refractivity contribution in [2.75, 3.05) is 0 Å². The number of ketones is 1. The van der Waals surface area contributed by atoms with E-state index in [9.17, 15) is 23.1 Å². The summed E-state index contributed by atoms with van der Waals surface area (Å²) in [5, 5.41) is 23.8. The minimum absolute atomic E-state index is 0.0515. The van der Waals surface area contributed by atoms with Crippen molar-refractivity contribution in [3.63, 3.8) is 0 Å². The highest BCUT2D eigenvalue weighted by Gasteiger charge is 2.36. The number of hydrogen-bond donors (Lipinski definition) is 3. The number of halogens is 3. The Hall–Kier alpha value is -4.02. The van der Waals surface area contributed by atoms with E-state index in [1.54, 1.807) is 12.1 Å². The number of nitrogens with one attached hydrogen (secondary N) is 2. The number of fused-ring (bicyclic) bond motifs is 2. The first-order valence-corrected chi connectivity index (χ1v) is 8.27. The second kappa shape index (κ2) is 5.74. The Kier molecular flexibility index (Phi) is 3.38. The maximum atomic E-state index is 13.3. The van der Waals surface area contributed by atoms with Crippen LogP contribution < -0.4 is 0 Å². The molecule has 5 rings (SSSR count). The van der Waals surface area contributed by atoms with Gasteiger partial charge < -0.3 is 10.1 Å². The van der Waals surface area contributed by atoms with Crippen molar-refractivity contribution in [1.82, 2.24) is 25.6 Å². The molecule has 1 aliphatic heterocycles. The normalized spacial score (nSPS) is 13.8. The molecule has 144 valence electrons. The minimum atomic E-state index is -4.63. The van der Waals surface area contributed by atoms with Crippen LogP contribution in [0.4, 0.5) is 18.9 Å². The molecule has 2 aromatic heterocycles. The molecule has 0 radical (unpaired) electrons. The Morgan fingerprint density at radius 3 is 2.66 bits per heavy atom. The fourth-order valence-electron chi connectivity index (χ4n) is 3.39. The summed E-state index contributed by atoms with van der Waals surface area (Å²) in [7, 11) is 0. The summed E-state index contributed by atoms with van der Waals surface area (Å²) in [6, 6.07) is 8.22. The van der Waals surface area contributed by atoms with E-state index in [4.69, 9.17) is 0 Å². The first kappa shape index (κ1) is 17.1. The standard InChI is InChI=1S/C18H9F3N6O2/c19-18(20,21)10-3-1-2-8-12(17(29)23-13(8)10)14-15(28)9-6-7(4-5-11(9)22-14)16-24-26-27-25-16/h1-6,23,29H,(H,24,25,26,27). The van der Waals surface area contributed by atoms with Crippen molar-refractivity contribution >= 4 is 28.1 Å². The zero-order chi connectivity index (χ0) is 20.3. The number of alkyl halides is 3. The summed E-state index contributed by atoms with van der Waals surface area (Å²) in [5.41, 5.74) is -0.404. The maximum Gasteiger partial charge on any atom is 0.418 e. The van der Waals surface area contributed by atoms with E-state index in [1.165, 1.54) is 18.2 Å². The molecule has 1 aliphatic rings. The van der Waals surface area contributed by atoms with E-state index in [1.807, 2.05) is 0 Å². The van der Waals surface area contributed by atoms with Crippen molar-refractivity contribution in [2.45, 2.75) is 6.18 Å². The average molecular weight is 398 g/mol. The number of aromatic amines is 2. The lowest BCUT2D eigenvalue weighted by Gasteiger charge is -2.07. The van der Waals surface area contributed by atoms with Crippen LogP contribution in [0.15, 0.2) is 41.4 Å². The summed E-state index contributed by atoms with van der Waals surface area (Å²) in [6.45, 7) is 0. The molecule has 3 N–H and O–H groups in total. The number of tetrazole rings is 1. The topological polar surface area (TPSA) is 120 Å². The Morgan fingerprint density at radius 2 is 1.93 bits per heavy atom. The van der Waals surface area contributed by atoms with Crippen LogP contribution in [-0.4, -0.2) is 42.2 Å². The van der Waals surface area contributed by atoms with Gasteiger partial charge in [0.15, 0.2) is 5.88 Å². The molecule has 0 saturated carbocycles. The molecule has 0 bridgehead atoms. The summed E-state index contributed by atoms with van der Waals surface area (Å²) in [4.78, 5) is 19.5. The van der Waals surface area contributed by atoms with E-state index < -0.39 is 23.4 Å². The molecule has 2 aromatic carbocycles. The Morgan fingerprint density at radius 1 is 1.10 bits per heavy atom. The highest BCUT2D eigenvalue weighted by molar-refractivity contribution is 6.56. The molecule has 0 atom stereocenters. The molecule has 0 unspecified atom stereocenters. The lowest BCUT2D eigenvalue weighted by molar-refractivity contribution is -0.136. The SMILES string of the molecule is O=C1C(c2c(O)[nH]c3c(C(F)(F)F)cccc23)=Nc2ccc(-c3nn[nH]n3)cc21. The van der Waals surface area contributed by atoms with Crippen LogP contribution >= 0.6 is 0 Å². The number of para-hydroxylation sites is 1. The van der Waals surface area contributed by atoms with Gasteiger partial charge in [-0.25, -0.2) is 4.99 Å². The van der Waals surface area contributed by atoms with Crippen molar-refractivity contribution in [2.24, 2.45) is 4.99 Å². The molecule has 0 fully saturated rings. The number of aromatic hydroxyl groups is 1. The largest absolute Gasteiger partial charge is 0.494 e. The number of benzene rings is 2. The van der Waals surface area contributed by atoms with E-state index in [0.717, 1.165) is 6.07 Å². The second-order valence-corrected chi connectivity index (χ2v) is 6.33. The third kappa shape index (κ3) is 2.51. The number of hydrogen-bond acceptors (Lipinski definition) is 6. The van der Waals surface area contributed by atoms with Gasteiger partial charge in [-0.3, -0.25) is 4.79 Å². The van der Waals surface area contributed by atoms with Crippen LogP contribution in [0, 0.1) is 0 Å². The van der Waals surface area contributed by atoms with E-state index >= 15 is 0 Å². The van der Waals surface area contributed by atoms with Gasteiger partial charge in [-0.15, -0.1) is 10.2 Å². The number of rotatable bonds is 2. The Labute approximate surface area is 159 Å². The molecular weight excluding hydrogens is 389 g/mol. The lowest BCUT2D eigenvalue weighted by atomic mass is 9.99. The predicted molar refractivity (Wildman–Crippen MR) is 95.1 cm³/mol. The van der Waals surface area contributed by atoms with Crippen molar-refractivity contribution in [3.05, 3.63) is 53.1 Å². The van der Waals surface area contributed by atoms with Gasteiger partial charge in [-0.05, 0) is 29.5 Å². The van der Waals surface area contributed by atoms with Crippen molar-refractivity contribution < 1.29 is 23.1 Å². The number of nitrogens with zero attached hydrogens (tertiary/aromatic N) is 4. The van der Waals surface area contributed by atoms with Gasteiger partial charge in [-0.2, -0.15) is 18.4 Å². The summed E-state index contributed by atoms with van der Waals surface area (Å²) in [5.74, 6) is -0.812. The fraction of sp³-hybridized carbons (Fsp3) is 0.0556. The Bertz CT molecular complexity index is 1320. The summed E-state index contributed by atoms with van der Waals surface area (Å²) >= 11 is 0. The Balaban J connectivity index is 1.65. The van der Waals surface area contributed by atoms with E-state index in [0.29, 0.717) is 11.3 Å². The first-order chi connectivity index (χ1) is 13.8. The van der Waals surface area contributed by atoms with Gasteiger partial charge in [0.05, 0.1) is 27.9 Å². The number of Topliss-reactive ketones (excluding diaryl/α,β-unsaturated/α-hetero) is 1. The summed E-state index contributed by atoms with van der Waals surface area (Å²) in [6.07, 6.45) is -4.63. The third-order valence-electron chi connectivity index (χ3n) is 4.65. The van der Waals surface area contributed by atoms with Crippen LogP contribution in [0.2, 0.25) is 0 Å². The quantitative estimate of drug-likeness (QED) is 0.478. The number of carbonyl (C=O) groups excluding carboxylic acids is 1. The van der Waals surface area contributed by atoms with Gasteiger partial charge in [0.1, 0.15) is 5.71 Å². The minimum Gasteiger partial charge on any atom is -0.494 e. The van der Waals surface area contributed by atoms with Crippen LogP contribution in [0.1, 0.15) is 21.5 Å². The van der Waals surface area contributed by atoms with E-state index in [2.05, 4.69) is 30.6 Å². The van der Waals surface area contributed by atoms with Crippen LogP contribution in [0.3, 0.4) is 0 Å². The second-order valence-electron chi connectivity index (χ2n) is 6.33. The molecule has 0 spiro atoms. The molecule has 0 saturated heterocycles. The van der Waals surface area contributed by atoms with Crippen molar-refractivity contribution in [3.8, 4) is 17.3 Å². The fourth-order valence-corrected chi connectivity index (χ4v) is 3.39. The monoisotopic (exact) mass is 398 g/mol. The van der Waals surface area contributed by atoms with E-state index in [-0.39, 0.29) is 33.6 Å². The first-order valence-electron chi connectivity index (χ1n) is 8.27. The predicted octanol–water partition coefficient (Wildman–Crippen LogP) is 3.39. The molecule has 29 heavy (non-hydrogen) atoms. The molecule has 0 amide bonds. The van der Waals surface area contributed by atoms with Crippen LogP contribution in [-0.2, 0) is 6.18 Å². The molecule has 3 heterocycles. The molecule has 0 aliphatic carbocycles. The van der Waals surface area contributed by atoms with Crippen LogP contribution in [0.5, 0.6) is 5.88 Å². The summed E-state index contributed by atoms with van der Waals surface area (Å²) < 4.78 is 39.9. The number of carbonyl (C=O) groups is 1. The van der Waals surface area contributed by atoms with Gasteiger partial charge in [-0.1, -0.05) is 12.1 Å². The molecule has 11 heteroatoms. The van der Waals surface area contributed by atoms with Gasteiger partial charge in [0, 0.05) is 10.9 Å². The lowest BCUT2D eigenvalue weighted by Crippen LogP contribution is -2.11.